The van der Waals surface area contributed by atoms with Gasteiger partial charge >= 0.3 is 0 Å². The largest absolute Gasteiger partial charge is 0.520 e. The van der Waals surface area contributed by atoms with E-state index in [0.29, 0.717) is 12.5 Å². The second-order valence-electron chi connectivity index (χ2n) is 6.52. The molecular weight excluding hydrogens is 275 g/mol. The van der Waals surface area contributed by atoms with Gasteiger partial charge < -0.3 is 9.16 Å². The fraction of sp³-hybridized carbons (Fsp3) is 0.529. The molecule has 0 spiro atoms. The number of benzene rings is 1. The lowest BCUT2D eigenvalue weighted by atomic mass is 10.1. The smallest absolute Gasteiger partial charge is 0.261 e. The molecule has 1 saturated carbocycles. The van der Waals surface area contributed by atoms with Crippen molar-refractivity contribution < 1.29 is 9.16 Å². The minimum atomic E-state index is -1.62. The molecule has 1 aromatic rings. The number of hydrogen-bond donors (Lipinski definition) is 0. The van der Waals surface area contributed by atoms with E-state index in [1.54, 1.807) is 0 Å². The Labute approximate surface area is 132 Å². The number of hydrogen-bond acceptors (Lipinski definition) is 2. The molecule has 2 nitrogen and oxygen atoms in total. The Balaban J connectivity index is 0.00000220. The fourth-order valence-electron chi connectivity index (χ4n) is 2.46. The maximum Gasteiger partial charge on any atom is 0.261 e. The summed E-state index contributed by atoms with van der Waals surface area (Å²) in [5, 5.41) is 0. The predicted octanol–water partition coefficient (Wildman–Crippen LogP) is 4.71. The summed E-state index contributed by atoms with van der Waals surface area (Å²) in [7, 11) is -1.62. The van der Waals surface area contributed by atoms with Crippen LogP contribution in [-0.4, -0.2) is 16.7 Å². The van der Waals surface area contributed by atoms with Gasteiger partial charge in [-0.15, -0.1) is 0 Å². The third-order valence-electron chi connectivity index (χ3n) is 3.40. The average Bonchev–Trinajstić information content (AvgIpc) is 2.88. The van der Waals surface area contributed by atoms with Crippen LogP contribution in [0.5, 0.6) is 0 Å². The van der Waals surface area contributed by atoms with E-state index in [1.807, 2.05) is 18.2 Å². The molecule has 0 aromatic heterocycles. The SMILES string of the molecule is C[Si](C)(C)O/C(=C/C1CCCC1)OCc1ccccc1.[B]. The number of ether oxygens (including phenoxy) is 1. The molecule has 2 rings (SSSR count). The van der Waals surface area contributed by atoms with Crippen molar-refractivity contribution in [2.75, 3.05) is 0 Å². The van der Waals surface area contributed by atoms with Gasteiger partial charge in [-0.3, -0.25) is 0 Å². The summed E-state index contributed by atoms with van der Waals surface area (Å²) in [6.45, 7) is 7.17. The van der Waals surface area contributed by atoms with Crippen LogP contribution in [0.3, 0.4) is 0 Å². The highest BCUT2D eigenvalue weighted by Gasteiger charge is 2.21. The highest BCUT2D eigenvalue weighted by atomic mass is 28.4. The van der Waals surface area contributed by atoms with Gasteiger partial charge in [0.05, 0.1) is 0 Å². The maximum atomic E-state index is 6.10. The Bertz CT molecular complexity index is 434. The van der Waals surface area contributed by atoms with Crippen molar-refractivity contribution in [1.29, 1.82) is 0 Å². The van der Waals surface area contributed by atoms with Gasteiger partial charge in [0.2, 0.25) is 8.32 Å². The summed E-state index contributed by atoms with van der Waals surface area (Å²) in [5.41, 5.74) is 1.18. The molecule has 1 fully saturated rings. The normalized spacial score (nSPS) is 16.4. The van der Waals surface area contributed by atoms with Crippen molar-refractivity contribution in [3.63, 3.8) is 0 Å². The van der Waals surface area contributed by atoms with Crippen LogP contribution < -0.4 is 0 Å². The van der Waals surface area contributed by atoms with Crippen LogP contribution in [-0.2, 0) is 15.8 Å². The molecule has 0 aliphatic heterocycles. The lowest BCUT2D eigenvalue weighted by molar-refractivity contribution is 0.0891. The lowest BCUT2D eigenvalue weighted by Crippen LogP contribution is -2.26. The van der Waals surface area contributed by atoms with Crippen molar-refractivity contribution >= 4 is 16.7 Å². The van der Waals surface area contributed by atoms with Gasteiger partial charge in [0, 0.05) is 8.41 Å². The molecule has 0 saturated heterocycles. The molecule has 0 amide bonds. The van der Waals surface area contributed by atoms with Crippen molar-refractivity contribution in [1.82, 2.24) is 0 Å². The molecule has 21 heavy (non-hydrogen) atoms. The molecular formula is C17H26BO2Si. The molecule has 1 aliphatic carbocycles. The second kappa shape index (κ2) is 8.32. The zero-order valence-corrected chi connectivity index (χ0v) is 14.5. The Morgan fingerprint density at radius 2 is 1.76 bits per heavy atom. The molecule has 1 aliphatic rings. The van der Waals surface area contributed by atoms with E-state index in [1.165, 1.54) is 31.2 Å². The van der Waals surface area contributed by atoms with Gasteiger partial charge in [0.25, 0.3) is 5.95 Å². The molecule has 0 atom stereocenters. The molecule has 0 N–H and O–H groups in total. The van der Waals surface area contributed by atoms with Crippen LogP contribution in [0.1, 0.15) is 31.2 Å². The highest BCUT2D eigenvalue weighted by molar-refractivity contribution is 6.69. The summed E-state index contributed by atoms with van der Waals surface area (Å²) < 4.78 is 12.0. The lowest BCUT2D eigenvalue weighted by Gasteiger charge is -2.22. The van der Waals surface area contributed by atoms with Gasteiger partial charge in [0.15, 0.2) is 0 Å². The van der Waals surface area contributed by atoms with E-state index in [-0.39, 0.29) is 8.41 Å². The van der Waals surface area contributed by atoms with Crippen molar-refractivity contribution in [2.45, 2.75) is 51.9 Å². The minimum absolute atomic E-state index is 0. The molecule has 0 unspecified atom stereocenters. The summed E-state index contributed by atoms with van der Waals surface area (Å²) in [6, 6.07) is 10.3. The van der Waals surface area contributed by atoms with Crippen LogP contribution >= 0.6 is 0 Å². The zero-order chi connectivity index (χ0) is 14.4. The standard InChI is InChI=1S/C17H26O2Si.B/c1-20(2,3)19-17(13-15-9-7-8-10-15)18-14-16-11-5-4-6-12-16;/h4-6,11-13,15H,7-10,14H2,1-3H3;/b17-13+;. The maximum absolute atomic E-state index is 6.10. The van der Waals surface area contributed by atoms with E-state index < -0.39 is 8.32 Å². The second-order valence-corrected chi connectivity index (χ2v) is 10.9. The molecule has 0 bridgehead atoms. The highest BCUT2D eigenvalue weighted by Crippen LogP contribution is 2.28. The van der Waals surface area contributed by atoms with Gasteiger partial charge in [-0.2, -0.15) is 0 Å². The first-order chi connectivity index (χ1) is 9.53. The van der Waals surface area contributed by atoms with E-state index in [2.05, 4.69) is 37.8 Å². The van der Waals surface area contributed by atoms with E-state index in [4.69, 9.17) is 9.16 Å². The van der Waals surface area contributed by atoms with Gasteiger partial charge in [-0.1, -0.05) is 43.2 Å². The zero-order valence-electron chi connectivity index (χ0n) is 13.5. The molecule has 113 valence electrons. The fourth-order valence-corrected chi connectivity index (χ4v) is 3.19. The molecule has 4 heteroatoms. The predicted molar refractivity (Wildman–Crippen MR) is 91.5 cm³/mol. The van der Waals surface area contributed by atoms with Gasteiger partial charge in [0.1, 0.15) is 6.61 Å². The van der Waals surface area contributed by atoms with Gasteiger partial charge in [-0.05, 0) is 50.0 Å². The first-order valence-electron chi connectivity index (χ1n) is 7.60. The summed E-state index contributed by atoms with van der Waals surface area (Å²) in [6.07, 6.45) is 7.43. The quantitative estimate of drug-likeness (QED) is 0.560. The first-order valence-corrected chi connectivity index (χ1v) is 11.0. The average molecular weight is 301 g/mol. The van der Waals surface area contributed by atoms with E-state index in [0.717, 1.165) is 5.95 Å². The first kappa shape index (κ1) is 17.9. The van der Waals surface area contributed by atoms with E-state index in [9.17, 15) is 0 Å². The summed E-state index contributed by atoms with van der Waals surface area (Å²) in [5.74, 6) is 1.39. The number of rotatable bonds is 6. The summed E-state index contributed by atoms with van der Waals surface area (Å²) in [4.78, 5) is 0. The minimum Gasteiger partial charge on any atom is -0.520 e. The van der Waals surface area contributed by atoms with Crippen molar-refractivity contribution in [2.24, 2.45) is 5.92 Å². The van der Waals surface area contributed by atoms with Crippen LogP contribution in [0, 0.1) is 5.92 Å². The Morgan fingerprint density at radius 1 is 1.14 bits per heavy atom. The van der Waals surface area contributed by atoms with Crippen molar-refractivity contribution in [3.05, 3.63) is 47.9 Å². The van der Waals surface area contributed by atoms with Gasteiger partial charge in [-0.25, -0.2) is 0 Å². The molecule has 3 radical (unpaired) electrons. The van der Waals surface area contributed by atoms with Crippen LogP contribution in [0.4, 0.5) is 0 Å². The molecule has 0 heterocycles. The number of allylic oxidation sites excluding steroid dienone is 1. The van der Waals surface area contributed by atoms with Crippen molar-refractivity contribution in [3.8, 4) is 0 Å². The Morgan fingerprint density at radius 3 is 2.33 bits per heavy atom. The third kappa shape index (κ3) is 6.89. The van der Waals surface area contributed by atoms with Crippen LogP contribution in [0.2, 0.25) is 19.6 Å². The van der Waals surface area contributed by atoms with E-state index >= 15 is 0 Å². The topological polar surface area (TPSA) is 18.5 Å². The summed E-state index contributed by atoms with van der Waals surface area (Å²) >= 11 is 0. The van der Waals surface area contributed by atoms with Crippen LogP contribution in [0.25, 0.3) is 0 Å². The van der Waals surface area contributed by atoms with Crippen LogP contribution in [0.15, 0.2) is 42.4 Å². The monoisotopic (exact) mass is 301 g/mol. The molecule has 1 aromatic carbocycles. The Hall–Kier alpha value is -1.16. The Kier molecular flexibility index (Phi) is 7.09. The third-order valence-corrected chi connectivity index (χ3v) is 4.22.